The molecule has 0 atom stereocenters. The molecule has 1 amide bonds. The molecule has 0 spiro atoms. The van der Waals surface area contributed by atoms with E-state index in [9.17, 15) is 4.79 Å². The Morgan fingerprint density at radius 2 is 1.62 bits per heavy atom. The standard InChI is InChI=1S/C21H34N4O/c1-3-23-14-16-24(17-15-23)11-10-21(26)22-19-4-6-20(7-5-19)25-12-8-18(2)9-13-25/h4-7,18H,3,8-17H2,1-2H3,(H,22,26). The van der Waals surface area contributed by atoms with Crippen LogP contribution in [0.25, 0.3) is 0 Å². The van der Waals surface area contributed by atoms with E-state index in [2.05, 4.69) is 46.0 Å². The SMILES string of the molecule is CCN1CCN(CCC(=O)Nc2ccc(N3CCC(C)CC3)cc2)CC1. The van der Waals surface area contributed by atoms with Gasteiger partial charge in [0.25, 0.3) is 0 Å². The predicted molar refractivity (Wildman–Crippen MR) is 109 cm³/mol. The third-order valence-corrected chi connectivity index (χ3v) is 5.87. The minimum Gasteiger partial charge on any atom is -0.372 e. The van der Waals surface area contributed by atoms with Crippen LogP contribution in [0.4, 0.5) is 11.4 Å². The van der Waals surface area contributed by atoms with Crippen LogP contribution < -0.4 is 10.2 Å². The van der Waals surface area contributed by atoms with Gasteiger partial charge in [-0.05, 0) is 49.6 Å². The molecule has 0 aromatic heterocycles. The fraction of sp³-hybridized carbons (Fsp3) is 0.667. The number of hydrogen-bond donors (Lipinski definition) is 1. The Labute approximate surface area is 158 Å². The average Bonchev–Trinajstić information content (AvgIpc) is 2.68. The lowest BCUT2D eigenvalue weighted by Crippen LogP contribution is -2.46. The van der Waals surface area contributed by atoms with E-state index in [-0.39, 0.29) is 5.91 Å². The van der Waals surface area contributed by atoms with E-state index in [1.54, 1.807) is 0 Å². The summed E-state index contributed by atoms with van der Waals surface area (Å²) in [4.78, 5) is 19.5. The maximum Gasteiger partial charge on any atom is 0.225 e. The molecule has 0 radical (unpaired) electrons. The summed E-state index contributed by atoms with van der Waals surface area (Å²) in [6.45, 7) is 13.2. The van der Waals surface area contributed by atoms with Crippen LogP contribution in [0.3, 0.4) is 0 Å². The fourth-order valence-corrected chi connectivity index (χ4v) is 3.83. The van der Waals surface area contributed by atoms with Crippen LogP contribution in [-0.4, -0.2) is 68.1 Å². The smallest absolute Gasteiger partial charge is 0.225 e. The number of nitrogens with zero attached hydrogens (tertiary/aromatic N) is 3. The molecule has 26 heavy (non-hydrogen) atoms. The number of piperidine rings is 1. The molecule has 2 saturated heterocycles. The van der Waals surface area contributed by atoms with Gasteiger partial charge in [-0.3, -0.25) is 4.79 Å². The number of carbonyl (C=O) groups is 1. The molecule has 5 nitrogen and oxygen atoms in total. The van der Waals surface area contributed by atoms with Crippen molar-refractivity contribution in [3.8, 4) is 0 Å². The second-order valence-corrected chi connectivity index (χ2v) is 7.79. The molecule has 2 heterocycles. The third-order valence-electron chi connectivity index (χ3n) is 5.87. The van der Waals surface area contributed by atoms with Crippen LogP contribution in [0.2, 0.25) is 0 Å². The summed E-state index contributed by atoms with van der Waals surface area (Å²) < 4.78 is 0. The monoisotopic (exact) mass is 358 g/mol. The van der Waals surface area contributed by atoms with Gasteiger partial charge in [0.15, 0.2) is 0 Å². The second-order valence-electron chi connectivity index (χ2n) is 7.79. The number of anilines is 2. The van der Waals surface area contributed by atoms with E-state index in [4.69, 9.17) is 0 Å². The first-order chi connectivity index (χ1) is 12.6. The lowest BCUT2D eigenvalue weighted by molar-refractivity contribution is -0.116. The molecule has 1 aromatic rings. The van der Waals surface area contributed by atoms with Gasteiger partial charge in [0, 0.05) is 63.6 Å². The highest BCUT2D eigenvalue weighted by Gasteiger charge is 2.17. The zero-order chi connectivity index (χ0) is 18.4. The Bertz CT molecular complexity index is 558. The van der Waals surface area contributed by atoms with E-state index in [1.807, 2.05) is 12.1 Å². The molecule has 0 saturated carbocycles. The number of piperazine rings is 1. The van der Waals surface area contributed by atoms with Crippen LogP contribution in [0.5, 0.6) is 0 Å². The lowest BCUT2D eigenvalue weighted by atomic mass is 9.99. The van der Waals surface area contributed by atoms with Gasteiger partial charge in [-0.1, -0.05) is 13.8 Å². The summed E-state index contributed by atoms with van der Waals surface area (Å²) in [5.41, 5.74) is 2.17. The van der Waals surface area contributed by atoms with E-state index in [1.165, 1.54) is 18.5 Å². The average molecular weight is 359 g/mol. The number of amides is 1. The van der Waals surface area contributed by atoms with Gasteiger partial charge in [0.1, 0.15) is 0 Å². The molecule has 1 aromatic carbocycles. The van der Waals surface area contributed by atoms with E-state index in [0.717, 1.165) is 64.0 Å². The van der Waals surface area contributed by atoms with Crippen molar-refractivity contribution in [1.82, 2.24) is 9.80 Å². The fourth-order valence-electron chi connectivity index (χ4n) is 3.83. The molecule has 5 heteroatoms. The molecular formula is C21H34N4O. The predicted octanol–water partition coefficient (Wildman–Crippen LogP) is 2.89. The zero-order valence-electron chi connectivity index (χ0n) is 16.4. The number of rotatable bonds is 6. The molecule has 3 rings (SSSR count). The largest absolute Gasteiger partial charge is 0.372 e. The minimum absolute atomic E-state index is 0.113. The second kappa shape index (κ2) is 9.38. The Kier molecular flexibility index (Phi) is 6.92. The minimum atomic E-state index is 0.113. The molecule has 2 aliphatic rings. The van der Waals surface area contributed by atoms with Crippen molar-refractivity contribution in [2.75, 3.05) is 62.6 Å². The number of benzene rings is 1. The van der Waals surface area contributed by atoms with Crippen molar-refractivity contribution in [3.05, 3.63) is 24.3 Å². The molecular weight excluding hydrogens is 324 g/mol. The summed E-state index contributed by atoms with van der Waals surface area (Å²) in [7, 11) is 0. The number of nitrogens with one attached hydrogen (secondary N) is 1. The van der Waals surface area contributed by atoms with E-state index >= 15 is 0 Å². The molecule has 1 N–H and O–H groups in total. The third kappa shape index (κ3) is 5.45. The van der Waals surface area contributed by atoms with Gasteiger partial charge in [0.2, 0.25) is 5.91 Å². The quantitative estimate of drug-likeness (QED) is 0.849. The van der Waals surface area contributed by atoms with Crippen molar-refractivity contribution >= 4 is 17.3 Å². The summed E-state index contributed by atoms with van der Waals surface area (Å²) in [5, 5.41) is 3.04. The van der Waals surface area contributed by atoms with E-state index in [0.29, 0.717) is 6.42 Å². The highest BCUT2D eigenvalue weighted by Crippen LogP contribution is 2.24. The van der Waals surface area contributed by atoms with Crippen LogP contribution in [0.15, 0.2) is 24.3 Å². The first-order valence-corrected chi connectivity index (χ1v) is 10.2. The summed E-state index contributed by atoms with van der Waals surface area (Å²) in [6.07, 6.45) is 3.11. The normalized spacial score (nSPS) is 20.3. The maximum atomic E-state index is 12.2. The van der Waals surface area contributed by atoms with Crippen LogP contribution in [-0.2, 0) is 4.79 Å². The highest BCUT2D eigenvalue weighted by atomic mass is 16.1. The van der Waals surface area contributed by atoms with E-state index < -0.39 is 0 Å². The topological polar surface area (TPSA) is 38.8 Å². The molecule has 2 aliphatic heterocycles. The maximum absolute atomic E-state index is 12.2. The van der Waals surface area contributed by atoms with Crippen LogP contribution >= 0.6 is 0 Å². The van der Waals surface area contributed by atoms with Gasteiger partial charge < -0.3 is 20.0 Å². The van der Waals surface area contributed by atoms with Crippen LogP contribution in [0, 0.1) is 5.92 Å². The first-order valence-electron chi connectivity index (χ1n) is 10.2. The summed E-state index contributed by atoms with van der Waals surface area (Å²) >= 11 is 0. The van der Waals surface area contributed by atoms with Crippen molar-refractivity contribution < 1.29 is 4.79 Å². The molecule has 0 unspecified atom stereocenters. The van der Waals surface area contributed by atoms with Gasteiger partial charge >= 0.3 is 0 Å². The Balaban J connectivity index is 1.40. The summed E-state index contributed by atoms with van der Waals surface area (Å²) in [5.74, 6) is 0.956. The van der Waals surface area contributed by atoms with Crippen molar-refractivity contribution in [2.24, 2.45) is 5.92 Å². The lowest BCUT2D eigenvalue weighted by Gasteiger charge is -2.33. The van der Waals surface area contributed by atoms with Gasteiger partial charge in [-0.2, -0.15) is 0 Å². The molecule has 0 bridgehead atoms. The Morgan fingerprint density at radius 1 is 1.00 bits per heavy atom. The Hall–Kier alpha value is -1.59. The summed E-state index contributed by atoms with van der Waals surface area (Å²) in [6, 6.07) is 8.34. The van der Waals surface area contributed by atoms with Crippen molar-refractivity contribution in [1.29, 1.82) is 0 Å². The zero-order valence-corrected chi connectivity index (χ0v) is 16.4. The molecule has 2 fully saturated rings. The van der Waals surface area contributed by atoms with Gasteiger partial charge in [-0.25, -0.2) is 0 Å². The van der Waals surface area contributed by atoms with Crippen molar-refractivity contribution in [3.63, 3.8) is 0 Å². The van der Waals surface area contributed by atoms with Gasteiger partial charge in [0.05, 0.1) is 0 Å². The number of likely N-dealkylation sites (N-methyl/N-ethyl adjacent to an activating group) is 1. The van der Waals surface area contributed by atoms with Crippen molar-refractivity contribution in [2.45, 2.75) is 33.1 Å². The number of carbonyl (C=O) groups excluding carboxylic acids is 1. The molecule has 144 valence electrons. The molecule has 0 aliphatic carbocycles. The van der Waals surface area contributed by atoms with Crippen LogP contribution in [0.1, 0.15) is 33.1 Å². The highest BCUT2D eigenvalue weighted by molar-refractivity contribution is 5.91. The Morgan fingerprint density at radius 3 is 2.23 bits per heavy atom. The number of hydrogen-bond acceptors (Lipinski definition) is 4. The van der Waals surface area contributed by atoms with Gasteiger partial charge in [-0.15, -0.1) is 0 Å². The first kappa shape index (κ1) is 19.2.